The van der Waals surface area contributed by atoms with Crippen LogP contribution in [0.5, 0.6) is 0 Å². The van der Waals surface area contributed by atoms with Gasteiger partial charge in [0, 0.05) is 18.5 Å². The summed E-state index contributed by atoms with van der Waals surface area (Å²) in [5.41, 5.74) is 1.17. The normalized spacial score (nSPS) is 16.6. The fourth-order valence-electron chi connectivity index (χ4n) is 2.83. The van der Waals surface area contributed by atoms with Gasteiger partial charge in [0.1, 0.15) is 4.88 Å². The quantitative estimate of drug-likeness (QED) is 0.871. The second-order valence-corrected chi connectivity index (χ2v) is 8.27. The Labute approximate surface area is 149 Å². The van der Waals surface area contributed by atoms with E-state index in [9.17, 15) is 4.79 Å². The Balaban J connectivity index is 1.41. The number of hydrogen-bond donors (Lipinski definition) is 1. The number of hydrogen-bond acceptors (Lipinski definition) is 5. The van der Waals surface area contributed by atoms with Crippen LogP contribution >= 0.6 is 34.3 Å². The van der Waals surface area contributed by atoms with Gasteiger partial charge in [0.05, 0.1) is 15.7 Å². The number of thiazole rings is 1. The Bertz CT molecular complexity index is 662. The number of thiophene rings is 1. The van der Waals surface area contributed by atoms with Crippen LogP contribution in [0.4, 0.5) is 0 Å². The SMILES string of the molecule is Cc1nc(CN2CCC(CNC(=O)c3sccc3Cl)CC2)cs1. The van der Waals surface area contributed by atoms with Gasteiger partial charge in [0.15, 0.2) is 0 Å². The van der Waals surface area contributed by atoms with Crippen molar-refractivity contribution in [2.45, 2.75) is 26.3 Å². The van der Waals surface area contributed by atoms with Crippen LogP contribution in [0, 0.1) is 12.8 Å². The minimum absolute atomic E-state index is 0.0506. The molecular formula is C16H20ClN3OS2. The van der Waals surface area contributed by atoms with Gasteiger partial charge in [0.25, 0.3) is 5.91 Å². The fourth-order valence-corrected chi connectivity index (χ4v) is 4.49. The van der Waals surface area contributed by atoms with E-state index in [0.29, 0.717) is 15.8 Å². The highest BCUT2D eigenvalue weighted by atomic mass is 35.5. The van der Waals surface area contributed by atoms with E-state index in [1.165, 1.54) is 17.0 Å². The monoisotopic (exact) mass is 369 g/mol. The van der Waals surface area contributed by atoms with E-state index in [1.807, 2.05) is 12.3 Å². The molecule has 3 rings (SSSR count). The molecule has 7 heteroatoms. The standard InChI is InChI=1S/C16H20ClN3OS2/c1-11-19-13(10-23-11)9-20-5-2-12(3-6-20)8-18-16(21)15-14(17)4-7-22-15/h4,7,10,12H,2-3,5-6,8-9H2,1H3,(H,18,21). The lowest BCUT2D eigenvalue weighted by Crippen LogP contribution is -2.38. The number of halogens is 1. The van der Waals surface area contributed by atoms with E-state index in [0.717, 1.165) is 44.0 Å². The molecule has 2 aromatic rings. The molecule has 0 aromatic carbocycles. The highest BCUT2D eigenvalue weighted by Crippen LogP contribution is 2.23. The van der Waals surface area contributed by atoms with Crippen LogP contribution in [0.3, 0.4) is 0 Å². The molecule has 0 unspecified atom stereocenters. The Morgan fingerprint density at radius 1 is 1.43 bits per heavy atom. The van der Waals surface area contributed by atoms with Crippen LogP contribution in [-0.4, -0.2) is 35.4 Å². The van der Waals surface area contributed by atoms with Gasteiger partial charge in [-0.25, -0.2) is 4.98 Å². The van der Waals surface area contributed by atoms with Crippen LogP contribution in [0.2, 0.25) is 5.02 Å². The molecular weight excluding hydrogens is 350 g/mol. The van der Waals surface area contributed by atoms with E-state index in [2.05, 4.69) is 20.6 Å². The van der Waals surface area contributed by atoms with Gasteiger partial charge in [-0.1, -0.05) is 11.6 Å². The lowest BCUT2D eigenvalue weighted by atomic mass is 9.96. The Kier molecular flexibility index (Phi) is 5.69. The fraction of sp³-hybridized carbons (Fsp3) is 0.500. The number of rotatable bonds is 5. The molecule has 23 heavy (non-hydrogen) atoms. The summed E-state index contributed by atoms with van der Waals surface area (Å²) in [6, 6.07) is 1.76. The molecule has 0 radical (unpaired) electrons. The number of amides is 1. The third-order valence-electron chi connectivity index (χ3n) is 4.13. The molecule has 0 spiro atoms. The van der Waals surface area contributed by atoms with E-state index in [-0.39, 0.29) is 5.91 Å². The summed E-state index contributed by atoms with van der Waals surface area (Å²) in [7, 11) is 0. The van der Waals surface area contributed by atoms with Gasteiger partial charge < -0.3 is 5.32 Å². The Morgan fingerprint density at radius 3 is 2.83 bits per heavy atom. The van der Waals surface area contributed by atoms with Crippen molar-refractivity contribution in [3.63, 3.8) is 0 Å². The molecule has 1 aliphatic heterocycles. The Hall–Kier alpha value is -0.950. The molecule has 1 saturated heterocycles. The molecule has 0 aliphatic carbocycles. The number of nitrogens with one attached hydrogen (secondary N) is 1. The first kappa shape index (κ1) is 16.9. The van der Waals surface area contributed by atoms with Gasteiger partial charge in [-0.2, -0.15) is 0 Å². The smallest absolute Gasteiger partial charge is 0.262 e. The summed E-state index contributed by atoms with van der Waals surface area (Å²) in [5, 5.41) is 8.68. The first-order chi connectivity index (χ1) is 11.1. The van der Waals surface area contributed by atoms with Crippen molar-refractivity contribution in [3.8, 4) is 0 Å². The zero-order chi connectivity index (χ0) is 16.2. The largest absolute Gasteiger partial charge is 0.351 e. The molecule has 1 aliphatic rings. The third kappa shape index (κ3) is 4.53. The topological polar surface area (TPSA) is 45.2 Å². The van der Waals surface area contributed by atoms with Crippen molar-refractivity contribution in [1.29, 1.82) is 0 Å². The minimum Gasteiger partial charge on any atom is -0.351 e. The summed E-state index contributed by atoms with van der Waals surface area (Å²) < 4.78 is 0. The summed E-state index contributed by atoms with van der Waals surface area (Å²) >= 11 is 9.09. The molecule has 3 heterocycles. The predicted molar refractivity (Wildman–Crippen MR) is 96.5 cm³/mol. The summed E-state index contributed by atoms with van der Waals surface area (Å²) in [4.78, 5) is 19.7. The van der Waals surface area contributed by atoms with Gasteiger partial charge in [-0.15, -0.1) is 22.7 Å². The van der Waals surface area contributed by atoms with Crippen LogP contribution in [0.15, 0.2) is 16.8 Å². The van der Waals surface area contributed by atoms with Gasteiger partial charge >= 0.3 is 0 Å². The van der Waals surface area contributed by atoms with E-state index < -0.39 is 0 Å². The minimum atomic E-state index is -0.0506. The second-order valence-electron chi connectivity index (χ2n) is 5.89. The van der Waals surface area contributed by atoms with Crippen molar-refractivity contribution >= 4 is 40.2 Å². The lowest BCUT2D eigenvalue weighted by Gasteiger charge is -2.31. The molecule has 1 N–H and O–H groups in total. The maximum absolute atomic E-state index is 12.1. The molecule has 2 aromatic heterocycles. The van der Waals surface area contributed by atoms with Gasteiger partial charge in [-0.3, -0.25) is 9.69 Å². The molecule has 0 atom stereocenters. The second kappa shape index (κ2) is 7.75. The van der Waals surface area contributed by atoms with E-state index in [1.54, 1.807) is 17.4 Å². The van der Waals surface area contributed by atoms with E-state index >= 15 is 0 Å². The average Bonchev–Trinajstić information content (AvgIpc) is 3.15. The summed E-state index contributed by atoms with van der Waals surface area (Å²) in [5.74, 6) is 0.497. The van der Waals surface area contributed by atoms with Gasteiger partial charge in [0.2, 0.25) is 0 Å². The number of aryl methyl sites for hydroxylation is 1. The zero-order valence-electron chi connectivity index (χ0n) is 13.0. The maximum atomic E-state index is 12.1. The van der Waals surface area contributed by atoms with Crippen molar-refractivity contribution in [2.24, 2.45) is 5.92 Å². The van der Waals surface area contributed by atoms with Crippen LogP contribution in [-0.2, 0) is 6.54 Å². The molecule has 1 fully saturated rings. The number of carbonyl (C=O) groups excluding carboxylic acids is 1. The first-order valence-electron chi connectivity index (χ1n) is 7.76. The number of likely N-dealkylation sites (tertiary alicyclic amines) is 1. The summed E-state index contributed by atoms with van der Waals surface area (Å²) in [6.45, 7) is 5.85. The van der Waals surface area contributed by atoms with E-state index in [4.69, 9.17) is 11.6 Å². The van der Waals surface area contributed by atoms with Crippen molar-refractivity contribution in [3.05, 3.63) is 37.4 Å². The van der Waals surface area contributed by atoms with Crippen molar-refractivity contribution in [2.75, 3.05) is 19.6 Å². The first-order valence-corrected chi connectivity index (χ1v) is 9.90. The Morgan fingerprint density at radius 2 is 2.22 bits per heavy atom. The molecule has 4 nitrogen and oxygen atoms in total. The predicted octanol–water partition coefficient (Wildman–Crippen LogP) is 3.81. The molecule has 1 amide bonds. The molecule has 0 bridgehead atoms. The highest BCUT2D eigenvalue weighted by molar-refractivity contribution is 7.12. The lowest BCUT2D eigenvalue weighted by molar-refractivity contribution is 0.0939. The third-order valence-corrected chi connectivity index (χ3v) is 6.30. The number of aromatic nitrogens is 1. The number of nitrogens with zero attached hydrogens (tertiary/aromatic N) is 2. The van der Waals surface area contributed by atoms with Crippen LogP contribution in [0.25, 0.3) is 0 Å². The van der Waals surface area contributed by atoms with Crippen molar-refractivity contribution in [1.82, 2.24) is 15.2 Å². The number of piperidine rings is 1. The van der Waals surface area contributed by atoms with Crippen LogP contribution in [0.1, 0.15) is 33.2 Å². The van der Waals surface area contributed by atoms with Crippen LogP contribution < -0.4 is 5.32 Å². The molecule has 124 valence electrons. The highest BCUT2D eigenvalue weighted by Gasteiger charge is 2.21. The average molecular weight is 370 g/mol. The zero-order valence-corrected chi connectivity index (χ0v) is 15.4. The van der Waals surface area contributed by atoms with Gasteiger partial charge in [-0.05, 0) is 50.2 Å². The summed E-state index contributed by atoms with van der Waals surface area (Å²) in [6.07, 6.45) is 2.23. The molecule has 0 saturated carbocycles. The number of carbonyl (C=O) groups is 1. The maximum Gasteiger partial charge on any atom is 0.262 e. The van der Waals surface area contributed by atoms with Crippen molar-refractivity contribution < 1.29 is 4.79 Å².